The van der Waals surface area contributed by atoms with Crippen molar-refractivity contribution >= 4 is 5.91 Å². The predicted molar refractivity (Wildman–Crippen MR) is 81.4 cm³/mol. The first-order chi connectivity index (χ1) is 9.68. The minimum Gasteiger partial charge on any atom is -0.336 e. The second-order valence-electron chi connectivity index (χ2n) is 5.38. The van der Waals surface area contributed by atoms with Crippen molar-refractivity contribution in [3.8, 4) is 11.1 Å². The third-order valence-electron chi connectivity index (χ3n) is 4.22. The molecule has 1 aliphatic rings. The van der Waals surface area contributed by atoms with Gasteiger partial charge >= 0.3 is 0 Å². The second kappa shape index (κ2) is 5.12. The Hall–Kier alpha value is -2.09. The quantitative estimate of drug-likeness (QED) is 0.767. The zero-order chi connectivity index (χ0) is 14.1. The fourth-order valence-electron chi connectivity index (χ4n) is 3.19. The van der Waals surface area contributed by atoms with E-state index in [1.165, 1.54) is 22.3 Å². The van der Waals surface area contributed by atoms with Crippen LogP contribution in [-0.2, 0) is 11.2 Å². The molecule has 0 radical (unpaired) electrons. The van der Waals surface area contributed by atoms with Crippen LogP contribution in [0.2, 0.25) is 0 Å². The molecule has 0 fully saturated rings. The number of benzene rings is 2. The molecule has 2 heteroatoms. The van der Waals surface area contributed by atoms with Gasteiger partial charge in [-0.2, -0.15) is 0 Å². The van der Waals surface area contributed by atoms with Crippen molar-refractivity contribution in [2.75, 3.05) is 6.54 Å². The molecule has 0 aliphatic carbocycles. The van der Waals surface area contributed by atoms with Gasteiger partial charge in [-0.3, -0.25) is 4.79 Å². The molecule has 1 amide bonds. The first kappa shape index (κ1) is 12.9. The van der Waals surface area contributed by atoms with Crippen LogP contribution in [0.5, 0.6) is 0 Å². The predicted octanol–water partition coefficient (Wildman–Crippen LogP) is 3.82. The Kier molecular flexibility index (Phi) is 3.31. The van der Waals surface area contributed by atoms with Gasteiger partial charge in [-0.25, -0.2) is 0 Å². The van der Waals surface area contributed by atoms with E-state index in [2.05, 4.69) is 49.4 Å². The third kappa shape index (κ3) is 2.11. The van der Waals surface area contributed by atoms with Crippen molar-refractivity contribution in [2.24, 2.45) is 0 Å². The van der Waals surface area contributed by atoms with Crippen LogP contribution in [0.25, 0.3) is 11.1 Å². The summed E-state index contributed by atoms with van der Waals surface area (Å²) in [4.78, 5) is 13.7. The molecular formula is C18H19NO. The number of rotatable bonds is 1. The van der Waals surface area contributed by atoms with Gasteiger partial charge in [0.1, 0.15) is 0 Å². The van der Waals surface area contributed by atoms with Crippen molar-refractivity contribution in [1.82, 2.24) is 4.90 Å². The molecule has 1 atom stereocenters. The highest BCUT2D eigenvalue weighted by Crippen LogP contribution is 2.35. The summed E-state index contributed by atoms with van der Waals surface area (Å²) in [6.07, 6.45) is 0.935. The van der Waals surface area contributed by atoms with Crippen LogP contribution >= 0.6 is 0 Å². The molecule has 3 rings (SSSR count). The van der Waals surface area contributed by atoms with E-state index in [1.54, 1.807) is 6.92 Å². The summed E-state index contributed by atoms with van der Waals surface area (Å²) in [6.45, 7) is 4.59. The van der Waals surface area contributed by atoms with Crippen LogP contribution in [0, 0.1) is 0 Å². The van der Waals surface area contributed by atoms with E-state index in [0.29, 0.717) is 0 Å². The zero-order valence-electron chi connectivity index (χ0n) is 12.0. The van der Waals surface area contributed by atoms with Gasteiger partial charge in [0.25, 0.3) is 0 Å². The summed E-state index contributed by atoms with van der Waals surface area (Å²) >= 11 is 0. The Morgan fingerprint density at radius 2 is 1.85 bits per heavy atom. The lowest BCUT2D eigenvalue weighted by Crippen LogP contribution is -2.37. The molecule has 2 nitrogen and oxygen atoms in total. The maximum absolute atomic E-state index is 11.7. The Balaban J connectivity index is 2.08. The van der Waals surface area contributed by atoms with Gasteiger partial charge in [-0.1, -0.05) is 48.5 Å². The summed E-state index contributed by atoms with van der Waals surface area (Å²) < 4.78 is 0. The topological polar surface area (TPSA) is 20.3 Å². The van der Waals surface area contributed by atoms with E-state index in [9.17, 15) is 4.79 Å². The number of fused-ring (bicyclic) bond motifs is 1. The van der Waals surface area contributed by atoms with E-state index >= 15 is 0 Å². The molecule has 0 aromatic heterocycles. The van der Waals surface area contributed by atoms with E-state index in [0.717, 1.165) is 13.0 Å². The SMILES string of the molecule is CC(=O)N1CCc2c(-c3ccccc3)cccc2[C@H]1C. The molecule has 0 N–H and O–H groups in total. The molecule has 0 spiro atoms. The summed E-state index contributed by atoms with van der Waals surface area (Å²) in [5, 5.41) is 0. The van der Waals surface area contributed by atoms with Crippen LogP contribution in [0.1, 0.15) is 31.0 Å². The Morgan fingerprint density at radius 3 is 2.55 bits per heavy atom. The highest BCUT2D eigenvalue weighted by molar-refractivity contribution is 5.76. The van der Waals surface area contributed by atoms with Gasteiger partial charge in [-0.05, 0) is 35.6 Å². The van der Waals surface area contributed by atoms with Gasteiger partial charge in [0, 0.05) is 13.5 Å². The van der Waals surface area contributed by atoms with Crippen molar-refractivity contribution < 1.29 is 4.79 Å². The molecule has 0 saturated heterocycles. The summed E-state index contributed by atoms with van der Waals surface area (Å²) in [5.74, 6) is 0.160. The molecule has 20 heavy (non-hydrogen) atoms. The summed E-state index contributed by atoms with van der Waals surface area (Å²) in [7, 11) is 0. The second-order valence-corrected chi connectivity index (χ2v) is 5.38. The average molecular weight is 265 g/mol. The third-order valence-corrected chi connectivity index (χ3v) is 4.22. The fraction of sp³-hybridized carbons (Fsp3) is 0.278. The lowest BCUT2D eigenvalue weighted by molar-refractivity contribution is -0.131. The van der Waals surface area contributed by atoms with E-state index in [-0.39, 0.29) is 11.9 Å². The molecule has 1 aliphatic heterocycles. The smallest absolute Gasteiger partial charge is 0.219 e. The number of nitrogens with zero attached hydrogens (tertiary/aromatic N) is 1. The van der Waals surface area contributed by atoms with Gasteiger partial charge in [-0.15, -0.1) is 0 Å². The molecule has 102 valence electrons. The van der Waals surface area contributed by atoms with E-state index in [4.69, 9.17) is 0 Å². The van der Waals surface area contributed by atoms with Gasteiger partial charge < -0.3 is 4.90 Å². The van der Waals surface area contributed by atoms with Gasteiger partial charge in [0.2, 0.25) is 5.91 Å². The molecule has 0 bridgehead atoms. The van der Waals surface area contributed by atoms with Crippen LogP contribution in [-0.4, -0.2) is 17.4 Å². The maximum Gasteiger partial charge on any atom is 0.219 e. The number of hydrogen-bond acceptors (Lipinski definition) is 1. The first-order valence-electron chi connectivity index (χ1n) is 7.13. The molecule has 0 saturated carbocycles. The lowest BCUT2D eigenvalue weighted by Gasteiger charge is -2.35. The van der Waals surface area contributed by atoms with Crippen molar-refractivity contribution in [3.63, 3.8) is 0 Å². The highest BCUT2D eigenvalue weighted by atomic mass is 16.2. The molecular weight excluding hydrogens is 246 g/mol. The average Bonchev–Trinajstić information content (AvgIpc) is 2.48. The summed E-state index contributed by atoms with van der Waals surface area (Å²) in [5.41, 5.74) is 5.24. The number of carbonyl (C=O) groups excluding carboxylic acids is 1. The number of amides is 1. The summed E-state index contributed by atoms with van der Waals surface area (Å²) in [6, 6.07) is 17.1. The monoisotopic (exact) mass is 265 g/mol. The highest BCUT2D eigenvalue weighted by Gasteiger charge is 2.26. The molecule has 0 unspecified atom stereocenters. The largest absolute Gasteiger partial charge is 0.336 e. The van der Waals surface area contributed by atoms with Crippen LogP contribution in [0.15, 0.2) is 48.5 Å². The minimum absolute atomic E-state index is 0.160. The lowest BCUT2D eigenvalue weighted by atomic mass is 9.87. The Labute approximate surface area is 120 Å². The number of hydrogen-bond donors (Lipinski definition) is 0. The standard InChI is InChI=1S/C18H19NO/c1-13-16-9-6-10-17(15-7-4-3-5-8-15)18(16)11-12-19(13)14(2)20/h3-10,13H,11-12H2,1-2H3/t13-/m1/s1. The van der Waals surface area contributed by atoms with E-state index < -0.39 is 0 Å². The van der Waals surface area contributed by atoms with Gasteiger partial charge in [0.05, 0.1) is 6.04 Å². The van der Waals surface area contributed by atoms with Crippen molar-refractivity contribution in [1.29, 1.82) is 0 Å². The Morgan fingerprint density at radius 1 is 1.10 bits per heavy atom. The van der Waals surface area contributed by atoms with Crippen molar-refractivity contribution in [3.05, 3.63) is 59.7 Å². The fourth-order valence-corrected chi connectivity index (χ4v) is 3.19. The van der Waals surface area contributed by atoms with E-state index in [1.807, 2.05) is 11.0 Å². The minimum atomic E-state index is 0.160. The van der Waals surface area contributed by atoms with Crippen LogP contribution in [0.3, 0.4) is 0 Å². The molecule has 1 heterocycles. The van der Waals surface area contributed by atoms with Crippen LogP contribution in [0.4, 0.5) is 0 Å². The molecule has 2 aromatic rings. The maximum atomic E-state index is 11.7. The van der Waals surface area contributed by atoms with Gasteiger partial charge in [0.15, 0.2) is 0 Å². The van der Waals surface area contributed by atoms with Crippen LogP contribution < -0.4 is 0 Å². The normalized spacial score (nSPS) is 17.7. The molecule has 2 aromatic carbocycles. The Bertz CT molecular complexity index is 633. The number of carbonyl (C=O) groups is 1. The van der Waals surface area contributed by atoms with Crippen molar-refractivity contribution in [2.45, 2.75) is 26.3 Å². The first-order valence-corrected chi connectivity index (χ1v) is 7.13. The zero-order valence-corrected chi connectivity index (χ0v) is 12.0.